The molecule has 2 atom stereocenters. The van der Waals surface area contributed by atoms with Crippen molar-refractivity contribution in [3.8, 4) is 11.5 Å². The van der Waals surface area contributed by atoms with E-state index in [0.717, 1.165) is 16.9 Å². The smallest absolute Gasteiger partial charge is 0.300 e. The predicted molar refractivity (Wildman–Crippen MR) is 149 cm³/mol. The number of hydrogen-bond acceptors (Lipinski definition) is 5. The molecule has 2 aliphatic heterocycles. The predicted octanol–water partition coefficient (Wildman–Crippen LogP) is 6.22. The van der Waals surface area contributed by atoms with E-state index in [9.17, 15) is 14.7 Å². The van der Waals surface area contributed by atoms with Crippen LogP contribution in [-0.2, 0) is 22.6 Å². The first-order valence-corrected chi connectivity index (χ1v) is 12.9. The molecule has 1 fully saturated rings. The molecule has 0 aromatic heterocycles. The zero-order chi connectivity index (χ0) is 26.9. The third-order valence-corrected chi connectivity index (χ3v) is 7.07. The fourth-order valence-electron chi connectivity index (χ4n) is 5.24. The zero-order valence-electron chi connectivity index (χ0n) is 21.4. The minimum Gasteiger partial charge on any atom is -0.507 e. The Kier molecular flexibility index (Phi) is 6.37. The van der Waals surface area contributed by atoms with Crippen LogP contribution >= 0.6 is 0 Å². The van der Waals surface area contributed by atoms with Gasteiger partial charge in [-0.3, -0.25) is 14.5 Å². The van der Waals surface area contributed by atoms with Crippen LogP contribution in [0.25, 0.3) is 5.76 Å². The SMILES string of the molecule is CC1Cc2cc(/C(O)=C3/C(=O)C(=O)N(c4ccccc4)C3c3cccc(OCc4ccccc4)c3)ccc2O1. The summed E-state index contributed by atoms with van der Waals surface area (Å²) in [5, 5.41) is 11.5. The first kappa shape index (κ1) is 24.5. The van der Waals surface area contributed by atoms with Gasteiger partial charge in [-0.25, -0.2) is 0 Å². The summed E-state index contributed by atoms with van der Waals surface area (Å²) in [6.45, 7) is 2.36. The summed E-state index contributed by atoms with van der Waals surface area (Å²) < 4.78 is 11.8. The first-order chi connectivity index (χ1) is 19.0. The molecule has 39 heavy (non-hydrogen) atoms. The van der Waals surface area contributed by atoms with Crippen LogP contribution in [0, 0.1) is 0 Å². The van der Waals surface area contributed by atoms with Crippen LogP contribution in [0.15, 0.2) is 109 Å². The normalized spacial score (nSPS) is 19.6. The van der Waals surface area contributed by atoms with Crippen molar-refractivity contribution in [3.63, 3.8) is 0 Å². The van der Waals surface area contributed by atoms with E-state index in [4.69, 9.17) is 9.47 Å². The molecule has 6 heteroatoms. The molecule has 1 amide bonds. The number of amides is 1. The second-order valence-corrected chi connectivity index (χ2v) is 9.81. The van der Waals surface area contributed by atoms with Crippen molar-refractivity contribution in [2.24, 2.45) is 0 Å². The molecule has 1 saturated heterocycles. The highest BCUT2D eigenvalue weighted by atomic mass is 16.5. The summed E-state index contributed by atoms with van der Waals surface area (Å²) in [4.78, 5) is 28.4. The number of aliphatic hydroxyl groups is 1. The number of hydrogen-bond donors (Lipinski definition) is 1. The van der Waals surface area contributed by atoms with E-state index < -0.39 is 17.7 Å². The lowest BCUT2D eigenvalue weighted by atomic mass is 9.94. The maximum absolute atomic E-state index is 13.5. The average Bonchev–Trinajstić information content (AvgIpc) is 3.47. The van der Waals surface area contributed by atoms with Gasteiger partial charge >= 0.3 is 0 Å². The summed E-state index contributed by atoms with van der Waals surface area (Å²) in [7, 11) is 0. The maximum Gasteiger partial charge on any atom is 0.300 e. The minimum absolute atomic E-state index is 0.0379. The number of ether oxygens (including phenoxy) is 2. The van der Waals surface area contributed by atoms with Crippen LogP contribution < -0.4 is 14.4 Å². The third kappa shape index (κ3) is 4.66. The van der Waals surface area contributed by atoms with E-state index in [1.807, 2.05) is 85.8 Å². The van der Waals surface area contributed by atoms with E-state index in [2.05, 4.69) is 0 Å². The fourth-order valence-corrected chi connectivity index (χ4v) is 5.24. The van der Waals surface area contributed by atoms with Crippen molar-refractivity contribution in [2.75, 3.05) is 4.90 Å². The molecule has 0 spiro atoms. The number of anilines is 1. The van der Waals surface area contributed by atoms with Crippen molar-refractivity contribution in [1.29, 1.82) is 0 Å². The van der Waals surface area contributed by atoms with Gasteiger partial charge in [0.25, 0.3) is 11.7 Å². The highest BCUT2D eigenvalue weighted by molar-refractivity contribution is 6.51. The minimum atomic E-state index is -0.837. The molecular formula is C33H27NO5. The lowest BCUT2D eigenvalue weighted by Gasteiger charge is -2.25. The van der Waals surface area contributed by atoms with Crippen LogP contribution in [0.5, 0.6) is 11.5 Å². The van der Waals surface area contributed by atoms with Gasteiger partial charge in [-0.2, -0.15) is 0 Å². The van der Waals surface area contributed by atoms with Gasteiger partial charge in [0.1, 0.15) is 30.0 Å². The lowest BCUT2D eigenvalue weighted by molar-refractivity contribution is -0.132. The molecule has 4 aromatic carbocycles. The van der Waals surface area contributed by atoms with Crippen molar-refractivity contribution in [3.05, 3.63) is 131 Å². The number of benzene rings is 4. The van der Waals surface area contributed by atoms with E-state index in [0.29, 0.717) is 35.6 Å². The summed E-state index contributed by atoms with van der Waals surface area (Å²) in [6, 6.07) is 30.7. The summed E-state index contributed by atoms with van der Waals surface area (Å²) in [6.07, 6.45) is 0.749. The zero-order valence-corrected chi connectivity index (χ0v) is 21.4. The second kappa shape index (κ2) is 10.1. The summed E-state index contributed by atoms with van der Waals surface area (Å²) in [5.41, 5.74) is 3.71. The van der Waals surface area contributed by atoms with Crippen LogP contribution in [0.1, 0.15) is 35.2 Å². The number of aliphatic hydroxyl groups excluding tert-OH is 1. The van der Waals surface area contributed by atoms with Crippen molar-refractivity contribution in [2.45, 2.75) is 32.1 Å². The molecule has 194 valence electrons. The monoisotopic (exact) mass is 517 g/mol. The quantitative estimate of drug-likeness (QED) is 0.187. The summed E-state index contributed by atoms with van der Waals surface area (Å²) >= 11 is 0. The fraction of sp³-hybridized carbons (Fsp3) is 0.152. The highest BCUT2D eigenvalue weighted by Gasteiger charge is 2.47. The molecule has 2 unspecified atom stereocenters. The Balaban J connectivity index is 1.44. The van der Waals surface area contributed by atoms with Gasteiger partial charge in [0.2, 0.25) is 0 Å². The Labute approximate surface area is 226 Å². The number of rotatable bonds is 6. The Morgan fingerprint density at radius 3 is 2.44 bits per heavy atom. The Morgan fingerprint density at radius 1 is 0.923 bits per heavy atom. The lowest BCUT2D eigenvalue weighted by Crippen LogP contribution is -2.29. The second-order valence-electron chi connectivity index (χ2n) is 9.81. The number of fused-ring (bicyclic) bond motifs is 1. The highest BCUT2D eigenvalue weighted by Crippen LogP contribution is 2.43. The van der Waals surface area contributed by atoms with Crippen LogP contribution in [0.4, 0.5) is 5.69 Å². The number of carbonyl (C=O) groups excluding carboxylic acids is 2. The van der Waals surface area contributed by atoms with Crippen molar-refractivity contribution in [1.82, 2.24) is 0 Å². The van der Waals surface area contributed by atoms with Gasteiger partial charge in [0.05, 0.1) is 11.6 Å². The molecule has 0 saturated carbocycles. The number of ketones is 1. The third-order valence-electron chi connectivity index (χ3n) is 7.07. The van der Waals surface area contributed by atoms with Gasteiger partial charge in [-0.1, -0.05) is 60.7 Å². The Morgan fingerprint density at radius 2 is 1.67 bits per heavy atom. The standard InChI is InChI=1S/C33H27NO5/c1-21-17-25-18-24(15-16-28(25)39-21)31(35)29-30(34(33(37)32(29)36)26-12-6-3-7-13-26)23-11-8-14-27(19-23)38-20-22-9-4-2-5-10-22/h2-16,18-19,21,30,35H,17,20H2,1H3/b31-29-. The topological polar surface area (TPSA) is 76.1 Å². The number of Topliss-reactive ketones (excluding diaryl/α,β-unsaturated/α-hetero) is 1. The van der Waals surface area contributed by atoms with E-state index in [1.54, 1.807) is 24.3 Å². The van der Waals surface area contributed by atoms with Gasteiger partial charge in [0, 0.05) is 17.7 Å². The average molecular weight is 518 g/mol. The molecule has 0 radical (unpaired) electrons. The van der Waals surface area contributed by atoms with Crippen LogP contribution in [-0.4, -0.2) is 22.9 Å². The summed E-state index contributed by atoms with van der Waals surface area (Å²) in [5.74, 6) is -0.277. The molecule has 6 rings (SSSR count). The largest absolute Gasteiger partial charge is 0.507 e. The molecule has 0 bridgehead atoms. The molecule has 6 nitrogen and oxygen atoms in total. The van der Waals surface area contributed by atoms with Crippen molar-refractivity contribution >= 4 is 23.1 Å². The van der Waals surface area contributed by atoms with Crippen LogP contribution in [0.3, 0.4) is 0 Å². The Bertz CT molecular complexity index is 1580. The molecular weight excluding hydrogens is 490 g/mol. The van der Waals surface area contributed by atoms with E-state index >= 15 is 0 Å². The number of nitrogens with zero attached hydrogens (tertiary/aromatic N) is 1. The molecule has 2 aliphatic rings. The maximum atomic E-state index is 13.5. The first-order valence-electron chi connectivity index (χ1n) is 12.9. The molecule has 0 aliphatic carbocycles. The molecule has 4 aromatic rings. The molecule has 1 N–H and O–H groups in total. The van der Waals surface area contributed by atoms with E-state index in [1.165, 1.54) is 4.90 Å². The molecule has 2 heterocycles. The van der Waals surface area contributed by atoms with Gasteiger partial charge in [0.15, 0.2) is 0 Å². The number of carbonyl (C=O) groups is 2. The van der Waals surface area contributed by atoms with Crippen LogP contribution in [0.2, 0.25) is 0 Å². The number of para-hydroxylation sites is 1. The van der Waals surface area contributed by atoms with Crippen molar-refractivity contribution < 1.29 is 24.2 Å². The van der Waals surface area contributed by atoms with Gasteiger partial charge in [-0.05, 0) is 66.1 Å². The Hall–Kier alpha value is -4.84. The van der Waals surface area contributed by atoms with E-state index in [-0.39, 0.29) is 17.4 Å². The van der Waals surface area contributed by atoms with Gasteiger partial charge in [-0.15, -0.1) is 0 Å². The van der Waals surface area contributed by atoms with Gasteiger partial charge < -0.3 is 14.6 Å².